The standard InChI is InChI=1S/C28H34N6O2/c1-18-24(21-6-2-3-7-23(21)35)29-14-22-25(18)31-27(36-17-28-10-4-12-34(28)13-5-11-28)32-26(22)33-15-19-8-9-20(16-33)30-19/h2-3,6-7,14,19-20,30,35H,4-5,8-13,15-17H2,1H3. The Kier molecular flexibility index (Phi) is 5.29. The number of nitrogens with zero attached hydrogens (tertiary/aromatic N) is 5. The fraction of sp³-hybridized carbons (Fsp3) is 0.536. The van der Waals surface area contributed by atoms with Gasteiger partial charge in [0.15, 0.2) is 0 Å². The van der Waals surface area contributed by atoms with Crippen LogP contribution in [0.2, 0.25) is 0 Å². The number of piperazine rings is 1. The Morgan fingerprint density at radius 2 is 1.83 bits per heavy atom. The monoisotopic (exact) mass is 486 g/mol. The number of rotatable bonds is 5. The smallest absolute Gasteiger partial charge is 0.319 e. The number of anilines is 1. The fourth-order valence-corrected chi connectivity index (χ4v) is 7.06. The van der Waals surface area contributed by atoms with Crippen molar-refractivity contribution in [3.05, 3.63) is 36.0 Å². The number of benzene rings is 1. The van der Waals surface area contributed by atoms with Crippen LogP contribution in [-0.2, 0) is 0 Å². The number of ether oxygens (including phenoxy) is 1. The summed E-state index contributed by atoms with van der Waals surface area (Å²) in [4.78, 5) is 19.8. The molecule has 1 aromatic carbocycles. The average molecular weight is 487 g/mol. The van der Waals surface area contributed by atoms with Gasteiger partial charge in [0, 0.05) is 42.5 Å². The Hall–Kier alpha value is -2.97. The first-order valence-electron chi connectivity index (χ1n) is 13.4. The summed E-state index contributed by atoms with van der Waals surface area (Å²) >= 11 is 0. The Balaban J connectivity index is 1.31. The molecule has 7 rings (SSSR count). The van der Waals surface area contributed by atoms with E-state index in [0.29, 0.717) is 30.3 Å². The van der Waals surface area contributed by atoms with Crippen molar-refractivity contribution in [2.24, 2.45) is 0 Å². The normalized spacial score (nSPS) is 25.0. The van der Waals surface area contributed by atoms with Crippen LogP contribution in [0.5, 0.6) is 11.8 Å². The van der Waals surface area contributed by atoms with Gasteiger partial charge in [0.1, 0.15) is 18.2 Å². The molecule has 4 saturated heterocycles. The predicted molar refractivity (Wildman–Crippen MR) is 140 cm³/mol. The Bertz CT molecular complexity index is 1290. The number of aromatic hydroxyl groups is 1. The lowest BCUT2D eigenvalue weighted by Gasteiger charge is -2.34. The van der Waals surface area contributed by atoms with Crippen LogP contribution in [0.25, 0.3) is 22.2 Å². The molecule has 4 aliphatic rings. The van der Waals surface area contributed by atoms with Crippen LogP contribution in [0.3, 0.4) is 0 Å². The van der Waals surface area contributed by atoms with Crippen LogP contribution in [0.4, 0.5) is 5.82 Å². The van der Waals surface area contributed by atoms with Gasteiger partial charge in [0.25, 0.3) is 0 Å². The topological polar surface area (TPSA) is 86.6 Å². The van der Waals surface area contributed by atoms with Gasteiger partial charge in [-0.15, -0.1) is 0 Å². The van der Waals surface area contributed by atoms with Gasteiger partial charge < -0.3 is 20.1 Å². The summed E-state index contributed by atoms with van der Waals surface area (Å²) in [7, 11) is 0. The highest BCUT2D eigenvalue weighted by Gasteiger charge is 2.45. The molecule has 4 aliphatic heterocycles. The second-order valence-corrected chi connectivity index (χ2v) is 11.1. The summed E-state index contributed by atoms with van der Waals surface area (Å²) in [6.07, 6.45) is 9.16. The quantitative estimate of drug-likeness (QED) is 0.565. The van der Waals surface area contributed by atoms with Crippen LogP contribution in [-0.4, -0.2) is 75.4 Å². The lowest BCUT2D eigenvalue weighted by atomic mass is 9.95. The third-order valence-corrected chi connectivity index (χ3v) is 8.89. The van der Waals surface area contributed by atoms with Crippen molar-refractivity contribution in [1.82, 2.24) is 25.2 Å². The van der Waals surface area contributed by atoms with Gasteiger partial charge >= 0.3 is 6.01 Å². The van der Waals surface area contributed by atoms with Crippen LogP contribution in [0.15, 0.2) is 30.5 Å². The molecular formula is C28H34N6O2. The number of phenols is 1. The number of phenolic OH excluding ortho intramolecular Hbond substituents is 1. The van der Waals surface area contributed by atoms with E-state index in [1.807, 2.05) is 31.3 Å². The maximum atomic E-state index is 10.5. The zero-order valence-electron chi connectivity index (χ0n) is 20.9. The summed E-state index contributed by atoms with van der Waals surface area (Å²) < 4.78 is 6.45. The number of hydrogen-bond acceptors (Lipinski definition) is 8. The Labute approximate surface area is 211 Å². The van der Waals surface area contributed by atoms with Crippen molar-refractivity contribution in [2.75, 3.05) is 37.7 Å². The number of aryl methyl sites for hydroxylation is 1. The lowest BCUT2D eigenvalue weighted by molar-refractivity contribution is 0.108. The molecule has 0 radical (unpaired) electrons. The second-order valence-electron chi connectivity index (χ2n) is 11.1. The van der Waals surface area contributed by atoms with E-state index in [1.54, 1.807) is 6.07 Å². The van der Waals surface area contributed by atoms with Crippen molar-refractivity contribution in [1.29, 1.82) is 0 Å². The first-order valence-corrected chi connectivity index (χ1v) is 13.4. The molecule has 188 valence electrons. The number of hydrogen-bond donors (Lipinski definition) is 2. The SMILES string of the molecule is Cc1c(-c2ccccc2O)ncc2c(N3CC4CCC(C3)N4)nc(OCC34CCCN3CCC4)nc12. The number of aromatic nitrogens is 3. The first-order chi connectivity index (χ1) is 17.6. The molecule has 36 heavy (non-hydrogen) atoms. The molecule has 2 bridgehead atoms. The zero-order chi connectivity index (χ0) is 24.3. The summed E-state index contributed by atoms with van der Waals surface area (Å²) in [5.41, 5.74) is 3.38. The van der Waals surface area contributed by atoms with E-state index in [0.717, 1.165) is 41.1 Å². The third kappa shape index (κ3) is 3.61. The van der Waals surface area contributed by atoms with Gasteiger partial charge in [-0.2, -0.15) is 9.97 Å². The number of nitrogens with one attached hydrogen (secondary N) is 1. The highest BCUT2D eigenvalue weighted by Crippen LogP contribution is 2.40. The summed E-state index contributed by atoms with van der Waals surface area (Å²) in [5.74, 6) is 1.14. The van der Waals surface area contributed by atoms with E-state index >= 15 is 0 Å². The highest BCUT2D eigenvalue weighted by molar-refractivity contribution is 5.94. The maximum absolute atomic E-state index is 10.5. The number of pyridine rings is 1. The van der Waals surface area contributed by atoms with E-state index in [9.17, 15) is 5.11 Å². The van der Waals surface area contributed by atoms with Crippen LogP contribution in [0.1, 0.15) is 44.1 Å². The van der Waals surface area contributed by atoms with E-state index in [4.69, 9.17) is 19.7 Å². The summed E-state index contributed by atoms with van der Waals surface area (Å²) in [6, 6.07) is 8.80. The molecule has 2 atom stereocenters. The number of fused-ring (bicyclic) bond motifs is 4. The third-order valence-electron chi connectivity index (χ3n) is 8.89. The van der Waals surface area contributed by atoms with Crippen molar-refractivity contribution in [3.63, 3.8) is 0 Å². The van der Waals surface area contributed by atoms with Crippen LogP contribution < -0.4 is 15.0 Å². The summed E-state index contributed by atoms with van der Waals surface area (Å²) in [5, 5.41) is 15.2. The van der Waals surface area contributed by atoms with E-state index < -0.39 is 0 Å². The minimum atomic E-state index is 0.140. The van der Waals surface area contributed by atoms with Gasteiger partial charge in [-0.05, 0) is 70.7 Å². The van der Waals surface area contributed by atoms with E-state index in [1.165, 1.54) is 51.6 Å². The Morgan fingerprint density at radius 3 is 2.58 bits per heavy atom. The highest BCUT2D eigenvalue weighted by atomic mass is 16.5. The van der Waals surface area contributed by atoms with Gasteiger partial charge in [-0.25, -0.2) is 0 Å². The van der Waals surface area contributed by atoms with E-state index in [2.05, 4.69) is 15.1 Å². The molecule has 0 spiro atoms. The van der Waals surface area contributed by atoms with Gasteiger partial charge in [-0.1, -0.05) is 12.1 Å². The fourth-order valence-electron chi connectivity index (χ4n) is 7.06. The largest absolute Gasteiger partial charge is 0.507 e. The van der Waals surface area contributed by atoms with Gasteiger partial charge in [-0.3, -0.25) is 9.88 Å². The van der Waals surface area contributed by atoms with Crippen molar-refractivity contribution in [2.45, 2.75) is 63.1 Å². The minimum absolute atomic E-state index is 0.140. The van der Waals surface area contributed by atoms with Crippen LogP contribution >= 0.6 is 0 Å². The molecule has 0 saturated carbocycles. The molecule has 2 aromatic heterocycles. The molecule has 2 unspecified atom stereocenters. The van der Waals surface area contributed by atoms with Crippen molar-refractivity contribution >= 4 is 16.7 Å². The molecule has 0 aliphatic carbocycles. The number of para-hydroxylation sites is 1. The average Bonchev–Trinajstić information content (AvgIpc) is 3.57. The first kappa shape index (κ1) is 22.2. The molecule has 8 nitrogen and oxygen atoms in total. The Morgan fingerprint density at radius 1 is 1.08 bits per heavy atom. The molecule has 2 N–H and O–H groups in total. The summed E-state index contributed by atoms with van der Waals surface area (Å²) in [6.45, 7) is 6.88. The van der Waals surface area contributed by atoms with Crippen molar-refractivity contribution < 1.29 is 9.84 Å². The lowest BCUT2D eigenvalue weighted by Crippen LogP contribution is -2.51. The molecular weight excluding hydrogens is 452 g/mol. The molecule has 4 fully saturated rings. The van der Waals surface area contributed by atoms with E-state index in [-0.39, 0.29) is 11.3 Å². The van der Waals surface area contributed by atoms with Crippen molar-refractivity contribution in [3.8, 4) is 23.0 Å². The predicted octanol–water partition coefficient (Wildman–Crippen LogP) is 3.65. The van der Waals surface area contributed by atoms with Gasteiger partial charge in [0.05, 0.1) is 22.1 Å². The molecule has 0 amide bonds. The molecule has 3 aromatic rings. The molecule has 8 heteroatoms. The van der Waals surface area contributed by atoms with Crippen LogP contribution in [0, 0.1) is 6.92 Å². The van der Waals surface area contributed by atoms with Gasteiger partial charge in [0.2, 0.25) is 0 Å². The maximum Gasteiger partial charge on any atom is 0.319 e. The minimum Gasteiger partial charge on any atom is -0.507 e. The second kappa shape index (κ2) is 8.56. The molecule has 6 heterocycles. The zero-order valence-corrected chi connectivity index (χ0v) is 20.9.